The molecular weight excluding hydrogens is 242 g/mol. The molecule has 1 aliphatic heterocycles. The van der Waals surface area contributed by atoms with Crippen molar-refractivity contribution in [3.05, 3.63) is 45.4 Å². The van der Waals surface area contributed by atoms with Crippen LogP contribution in [0.25, 0.3) is 11.9 Å². The fourth-order valence-electron chi connectivity index (χ4n) is 2.03. The lowest BCUT2D eigenvalue weighted by atomic mass is 10.1. The summed E-state index contributed by atoms with van der Waals surface area (Å²) in [6.45, 7) is 4.38. The van der Waals surface area contributed by atoms with Crippen molar-refractivity contribution in [1.82, 2.24) is 4.98 Å². The molecule has 0 spiro atoms. The van der Waals surface area contributed by atoms with Crippen molar-refractivity contribution in [1.29, 1.82) is 0 Å². The third-order valence-corrected chi connectivity index (χ3v) is 4.43. The summed E-state index contributed by atoms with van der Waals surface area (Å²) in [7, 11) is 0. The monoisotopic (exact) mass is 257 g/mol. The van der Waals surface area contributed by atoms with E-state index in [1.165, 1.54) is 4.88 Å². The Morgan fingerprint density at radius 3 is 3.00 bits per heavy atom. The number of pyridine rings is 1. The van der Waals surface area contributed by atoms with E-state index in [-0.39, 0.29) is 0 Å². The molecule has 3 N–H and O–H groups in total. The summed E-state index contributed by atoms with van der Waals surface area (Å²) in [6, 6.07) is 6.11. The van der Waals surface area contributed by atoms with Crippen molar-refractivity contribution in [3.8, 4) is 0 Å². The van der Waals surface area contributed by atoms with Crippen LogP contribution in [0.4, 0.5) is 5.00 Å². The van der Waals surface area contributed by atoms with Gasteiger partial charge < -0.3 is 11.1 Å². The fraction of sp³-hybridized carbons (Fsp3) is 0.214. The minimum atomic E-state index is 0.514. The van der Waals surface area contributed by atoms with Crippen LogP contribution in [-0.4, -0.2) is 4.98 Å². The zero-order valence-electron chi connectivity index (χ0n) is 10.4. The zero-order valence-corrected chi connectivity index (χ0v) is 11.2. The number of nitrogens with zero attached hydrogens (tertiary/aromatic N) is 1. The van der Waals surface area contributed by atoms with Crippen LogP contribution in [0.5, 0.6) is 0 Å². The number of hydrogen-bond acceptors (Lipinski definition) is 4. The Hall–Kier alpha value is -1.81. The van der Waals surface area contributed by atoms with Crippen LogP contribution in [0.2, 0.25) is 0 Å². The van der Waals surface area contributed by atoms with Gasteiger partial charge in [0.1, 0.15) is 5.00 Å². The highest BCUT2D eigenvalue weighted by atomic mass is 32.1. The summed E-state index contributed by atoms with van der Waals surface area (Å²) in [5, 5.41) is 6.34. The van der Waals surface area contributed by atoms with Gasteiger partial charge in [0.25, 0.3) is 0 Å². The van der Waals surface area contributed by atoms with E-state index in [4.69, 9.17) is 5.73 Å². The molecule has 4 heteroatoms. The minimum absolute atomic E-state index is 0.514. The number of nitrogens with one attached hydrogen (secondary N) is 1. The van der Waals surface area contributed by atoms with E-state index in [0.717, 1.165) is 26.8 Å². The van der Waals surface area contributed by atoms with Gasteiger partial charge in [0.05, 0.1) is 11.0 Å². The van der Waals surface area contributed by atoms with Crippen molar-refractivity contribution < 1.29 is 0 Å². The first-order valence-electron chi connectivity index (χ1n) is 5.98. The van der Waals surface area contributed by atoms with E-state index in [1.54, 1.807) is 17.5 Å². The van der Waals surface area contributed by atoms with Crippen LogP contribution in [0.15, 0.2) is 24.4 Å². The third kappa shape index (κ3) is 1.69. The maximum absolute atomic E-state index is 6.27. The molecule has 1 aliphatic rings. The van der Waals surface area contributed by atoms with E-state index < -0.39 is 0 Å². The van der Waals surface area contributed by atoms with Gasteiger partial charge in [-0.3, -0.25) is 4.98 Å². The van der Waals surface area contributed by atoms with Crippen molar-refractivity contribution >= 4 is 28.2 Å². The van der Waals surface area contributed by atoms with Gasteiger partial charge in [-0.1, -0.05) is 13.8 Å². The summed E-state index contributed by atoms with van der Waals surface area (Å²) >= 11 is 1.76. The van der Waals surface area contributed by atoms with Gasteiger partial charge in [-0.25, -0.2) is 0 Å². The molecule has 3 heterocycles. The summed E-state index contributed by atoms with van der Waals surface area (Å²) in [6.07, 6.45) is 3.75. The molecule has 18 heavy (non-hydrogen) atoms. The Balaban J connectivity index is 2.30. The van der Waals surface area contributed by atoms with E-state index in [2.05, 4.69) is 30.2 Å². The van der Waals surface area contributed by atoms with E-state index >= 15 is 0 Å². The Morgan fingerprint density at radius 2 is 2.22 bits per heavy atom. The molecular formula is C14H15N3S. The zero-order chi connectivity index (χ0) is 12.7. The molecule has 0 saturated heterocycles. The molecule has 92 valence electrons. The van der Waals surface area contributed by atoms with Crippen LogP contribution in [0.3, 0.4) is 0 Å². The number of anilines is 1. The summed E-state index contributed by atoms with van der Waals surface area (Å²) < 4.78 is 0. The van der Waals surface area contributed by atoms with Gasteiger partial charge in [-0.05, 0) is 24.1 Å². The van der Waals surface area contributed by atoms with Crippen molar-refractivity contribution in [2.24, 2.45) is 5.73 Å². The van der Waals surface area contributed by atoms with Crippen LogP contribution < -0.4 is 21.6 Å². The molecule has 0 bridgehead atoms. The van der Waals surface area contributed by atoms with E-state index in [0.29, 0.717) is 5.92 Å². The Kier molecular flexibility index (Phi) is 2.59. The maximum Gasteiger partial charge on any atom is 0.102 e. The number of hydrogen-bond donors (Lipinski definition) is 2. The standard InChI is InChI=1S/C14H15N3S/c1-8(2)11-6-10-12(15)13-9(4-3-5-16-13)7-17-14(10)18-11/h3-8,17H,15H2,1-2H3. The minimum Gasteiger partial charge on any atom is -0.396 e. The van der Waals surface area contributed by atoms with Crippen molar-refractivity contribution in [2.75, 3.05) is 5.32 Å². The largest absolute Gasteiger partial charge is 0.396 e. The van der Waals surface area contributed by atoms with Gasteiger partial charge in [-0.15, -0.1) is 11.3 Å². The van der Waals surface area contributed by atoms with Crippen LogP contribution in [0, 0.1) is 0 Å². The average Bonchev–Trinajstić information content (AvgIpc) is 2.75. The van der Waals surface area contributed by atoms with Crippen LogP contribution in [-0.2, 0) is 0 Å². The highest BCUT2D eigenvalue weighted by Gasteiger charge is 2.15. The van der Waals surface area contributed by atoms with Gasteiger partial charge in [-0.2, -0.15) is 0 Å². The maximum atomic E-state index is 6.27. The lowest BCUT2D eigenvalue weighted by molar-refractivity contribution is 0.889. The quantitative estimate of drug-likeness (QED) is 0.815. The Morgan fingerprint density at radius 1 is 1.39 bits per heavy atom. The number of aromatic nitrogens is 1. The second-order valence-electron chi connectivity index (χ2n) is 4.69. The summed E-state index contributed by atoms with van der Waals surface area (Å²) in [5.41, 5.74) is 8.09. The topological polar surface area (TPSA) is 50.9 Å². The third-order valence-electron chi connectivity index (χ3n) is 3.06. The van der Waals surface area contributed by atoms with E-state index in [9.17, 15) is 0 Å². The molecule has 2 aromatic heterocycles. The highest BCUT2D eigenvalue weighted by Crippen LogP contribution is 2.35. The predicted molar refractivity (Wildman–Crippen MR) is 76.7 cm³/mol. The average molecular weight is 257 g/mol. The first-order chi connectivity index (χ1) is 8.66. The molecule has 0 aromatic carbocycles. The molecule has 3 rings (SSSR count). The Labute approximate surface area is 110 Å². The van der Waals surface area contributed by atoms with E-state index in [1.807, 2.05) is 18.3 Å². The second kappa shape index (κ2) is 4.14. The van der Waals surface area contributed by atoms with Gasteiger partial charge >= 0.3 is 0 Å². The lowest BCUT2D eigenvalue weighted by Crippen LogP contribution is -2.32. The SMILES string of the molecule is CC(C)c1cc2c(s1)NC=c1cccnc1=C2N. The number of rotatable bonds is 1. The molecule has 0 amide bonds. The first-order valence-corrected chi connectivity index (χ1v) is 6.80. The summed E-state index contributed by atoms with van der Waals surface area (Å²) in [4.78, 5) is 5.72. The smallest absolute Gasteiger partial charge is 0.102 e. The molecule has 0 aliphatic carbocycles. The van der Waals surface area contributed by atoms with Crippen molar-refractivity contribution in [3.63, 3.8) is 0 Å². The normalized spacial score (nSPS) is 13.4. The van der Waals surface area contributed by atoms with Crippen LogP contribution in [0.1, 0.15) is 30.2 Å². The molecule has 2 aromatic rings. The molecule has 0 fully saturated rings. The van der Waals surface area contributed by atoms with Gasteiger partial charge in [0, 0.05) is 28.1 Å². The molecule has 0 radical (unpaired) electrons. The predicted octanol–water partition coefficient (Wildman–Crippen LogP) is 1.55. The molecule has 0 saturated carbocycles. The fourth-order valence-corrected chi connectivity index (χ4v) is 3.08. The number of nitrogens with two attached hydrogens (primary N) is 1. The number of fused-ring (bicyclic) bond motifs is 2. The lowest BCUT2D eigenvalue weighted by Gasteiger charge is -1.99. The van der Waals surface area contributed by atoms with Crippen molar-refractivity contribution in [2.45, 2.75) is 19.8 Å². The first kappa shape index (κ1) is 11.3. The molecule has 3 nitrogen and oxygen atoms in total. The van der Waals surface area contributed by atoms with Gasteiger partial charge in [0.15, 0.2) is 0 Å². The molecule has 0 atom stereocenters. The van der Waals surface area contributed by atoms with Gasteiger partial charge in [0.2, 0.25) is 0 Å². The summed E-state index contributed by atoms with van der Waals surface area (Å²) in [5.74, 6) is 0.514. The second-order valence-corrected chi connectivity index (χ2v) is 5.77. The Bertz CT molecular complexity index is 713. The highest BCUT2D eigenvalue weighted by molar-refractivity contribution is 7.16. The number of thiophene rings is 1. The van der Waals surface area contributed by atoms with Crippen LogP contribution >= 0.6 is 11.3 Å². The molecule has 0 unspecified atom stereocenters.